The summed E-state index contributed by atoms with van der Waals surface area (Å²) in [6.07, 6.45) is 0.398. The number of rotatable bonds is 3. The number of nitrogens with one attached hydrogen (secondary N) is 2. The number of hydrogen-bond donors (Lipinski definition) is 2. The number of amides is 1. The molecule has 1 aromatic carbocycles. The van der Waals surface area contributed by atoms with Gasteiger partial charge in [-0.1, -0.05) is 22.0 Å². The number of fused-ring (bicyclic) bond motifs is 1. The Kier molecular flexibility index (Phi) is 3.22. The first-order chi connectivity index (χ1) is 7.72. The van der Waals surface area contributed by atoms with Gasteiger partial charge >= 0.3 is 0 Å². The number of nitriles is 1. The van der Waals surface area contributed by atoms with Gasteiger partial charge in [0.1, 0.15) is 6.04 Å². The number of anilines is 1. The van der Waals surface area contributed by atoms with E-state index in [1.165, 1.54) is 0 Å². The minimum atomic E-state index is -0.337. The molecule has 1 amide bonds. The molecule has 4 nitrogen and oxygen atoms in total. The molecule has 1 aromatic rings. The molecule has 0 fully saturated rings. The van der Waals surface area contributed by atoms with Crippen molar-refractivity contribution in [1.82, 2.24) is 5.32 Å². The molecular formula is C11H10BrN3O. The van der Waals surface area contributed by atoms with Crippen LogP contribution in [0.5, 0.6) is 0 Å². The lowest BCUT2D eigenvalue weighted by Crippen LogP contribution is -2.28. The van der Waals surface area contributed by atoms with E-state index in [-0.39, 0.29) is 11.9 Å². The van der Waals surface area contributed by atoms with Gasteiger partial charge in [-0.25, -0.2) is 0 Å². The molecule has 1 aliphatic heterocycles. The minimum absolute atomic E-state index is 0.0639. The van der Waals surface area contributed by atoms with Gasteiger partial charge < -0.3 is 10.6 Å². The summed E-state index contributed by atoms with van der Waals surface area (Å²) >= 11 is 3.35. The Morgan fingerprint density at radius 2 is 2.38 bits per heavy atom. The highest BCUT2D eigenvalue weighted by atomic mass is 79.9. The lowest BCUT2D eigenvalue weighted by Gasteiger charge is -2.09. The van der Waals surface area contributed by atoms with E-state index in [0.717, 1.165) is 15.7 Å². The summed E-state index contributed by atoms with van der Waals surface area (Å²) in [7, 11) is 0. The number of carbonyl (C=O) groups is 1. The highest BCUT2D eigenvalue weighted by molar-refractivity contribution is 9.10. The second-order valence-corrected chi connectivity index (χ2v) is 4.43. The van der Waals surface area contributed by atoms with Gasteiger partial charge in [-0.05, 0) is 12.1 Å². The minimum Gasteiger partial charge on any atom is -0.324 e. The summed E-state index contributed by atoms with van der Waals surface area (Å²) < 4.78 is 0.934. The van der Waals surface area contributed by atoms with Crippen LogP contribution in [-0.4, -0.2) is 12.5 Å². The molecule has 0 saturated carbocycles. The molecule has 16 heavy (non-hydrogen) atoms. The van der Waals surface area contributed by atoms with Gasteiger partial charge in [0.2, 0.25) is 5.91 Å². The maximum Gasteiger partial charge on any atom is 0.246 e. The molecule has 2 N–H and O–H groups in total. The van der Waals surface area contributed by atoms with Gasteiger partial charge in [0.25, 0.3) is 0 Å². The highest BCUT2D eigenvalue weighted by Gasteiger charge is 2.29. The smallest absolute Gasteiger partial charge is 0.246 e. The van der Waals surface area contributed by atoms with Gasteiger partial charge in [-0.15, -0.1) is 0 Å². The van der Waals surface area contributed by atoms with E-state index in [2.05, 4.69) is 26.6 Å². The monoisotopic (exact) mass is 279 g/mol. The normalized spacial score (nSPS) is 17.8. The van der Waals surface area contributed by atoms with Gasteiger partial charge in [0, 0.05) is 28.7 Å². The fraction of sp³-hybridized carbons (Fsp3) is 0.273. The third-order valence-corrected chi connectivity index (χ3v) is 2.92. The molecule has 0 aromatic heterocycles. The van der Waals surface area contributed by atoms with Crippen LogP contribution in [0.1, 0.15) is 18.0 Å². The third kappa shape index (κ3) is 2.08. The van der Waals surface area contributed by atoms with E-state index in [9.17, 15) is 4.79 Å². The first kappa shape index (κ1) is 11.1. The number of carbonyl (C=O) groups excluding carboxylic acids is 1. The average Bonchev–Trinajstić information content (AvgIpc) is 2.55. The van der Waals surface area contributed by atoms with Crippen LogP contribution < -0.4 is 10.6 Å². The lowest BCUT2D eigenvalue weighted by atomic mass is 10.1. The van der Waals surface area contributed by atoms with Crippen LogP contribution in [0.4, 0.5) is 5.69 Å². The highest BCUT2D eigenvalue weighted by Crippen LogP contribution is 2.32. The summed E-state index contributed by atoms with van der Waals surface area (Å²) in [5.74, 6) is -0.0639. The topological polar surface area (TPSA) is 64.9 Å². The molecule has 0 spiro atoms. The fourth-order valence-electron chi connectivity index (χ4n) is 1.71. The molecule has 5 heteroatoms. The van der Waals surface area contributed by atoms with Crippen LogP contribution in [0.25, 0.3) is 0 Å². The number of halogens is 1. The summed E-state index contributed by atoms with van der Waals surface area (Å²) in [6, 6.07) is 7.38. The van der Waals surface area contributed by atoms with E-state index in [1.54, 1.807) is 0 Å². The molecule has 1 aliphatic rings. The molecule has 0 radical (unpaired) electrons. The van der Waals surface area contributed by atoms with Crippen molar-refractivity contribution in [3.05, 3.63) is 28.2 Å². The van der Waals surface area contributed by atoms with Gasteiger partial charge in [0.15, 0.2) is 0 Å². The number of nitrogens with zero attached hydrogens (tertiary/aromatic N) is 1. The largest absolute Gasteiger partial charge is 0.324 e. The Morgan fingerprint density at radius 3 is 3.12 bits per heavy atom. The maximum absolute atomic E-state index is 11.7. The van der Waals surface area contributed by atoms with Gasteiger partial charge in [0.05, 0.1) is 6.07 Å². The Morgan fingerprint density at radius 1 is 1.56 bits per heavy atom. The summed E-state index contributed by atoms with van der Waals surface area (Å²) in [6.45, 7) is 0.518. The van der Waals surface area contributed by atoms with Crippen LogP contribution in [0.3, 0.4) is 0 Å². The van der Waals surface area contributed by atoms with E-state index in [0.29, 0.717) is 13.0 Å². The summed E-state index contributed by atoms with van der Waals surface area (Å²) in [5, 5.41) is 14.3. The van der Waals surface area contributed by atoms with E-state index >= 15 is 0 Å². The van der Waals surface area contributed by atoms with E-state index < -0.39 is 0 Å². The van der Waals surface area contributed by atoms with Crippen molar-refractivity contribution in [2.24, 2.45) is 0 Å². The van der Waals surface area contributed by atoms with Crippen LogP contribution in [0, 0.1) is 11.3 Å². The quantitative estimate of drug-likeness (QED) is 0.832. The van der Waals surface area contributed by atoms with Crippen molar-refractivity contribution in [2.75, 3.05) is 11.9 Å². The summed E-state index contributed by atoms with van der Waals surface area (Å²) in [5.41, 5.74) is 1.76. The molecular weight excluding hydrogens is 270 g/mol. The lowest BCUT2D eigenvalue weighted by molar-refractivity contribution is -0.117. The Bertz CT molecular complexity index is 467. The van der Waals surface area contributed by atoms with Crippen molar-refractivity contribution in [1.29, 1.82) is 5.26 Å². The first-order valence-electron chi connectivity index (χ1n) is 4.93. The van der Waals surface area contributed by atoms with Gasteiger partial charge in [-0.2, -0.15) is 5.26 Å². The molecule has 1 unspecified atom stereocenters. The Hall–Kier alpha value is -1.38. The van der Waals surface area contributed by atoms with Crippen LogP contribution in [0.15, 0.2) is 22.7 Å². The van der Waals surface area contributed by atoms with Crippen LogP contribution >= 0.6 is 15.9 Å². The SMILES string of the molecule is N#CCCNC1C(=O)Nc2cc(Br)ccc21. The Balaban J connectivity index is 2.17. The van der Waals surface area contributed by atoms with Crippen molar-refractivity contribution in [2.45, 2.75) is 12.5 Å². The standard InChI is InChI=1S/C11H10BrN3O/c12-7-2-3-8-9(6-7)15-11(16)10(8)14-5-1-4-13/h2-3,6,10,14H,1,5H2,(H,15,16). The van der Waals surface area contributed by atoms with E-state index in [4.69, 9.17) is 5.26 Å². The fourth-order valence-corrected chi connectivity index (χ4v) is 2.07. The number of hydrogen-bond acceptors (Lipinski definition) is 3. The maximum atomic E-state index is 11.7. The van der Waals surface area contributed by atoms with Crippen LogP contribution in [0.2, 0.25) is 0 Å². The average molecular weight is 280 g/mol. The summed E-state index contributed by atoms with van der Waals surface area (Å²) in [4.78, 5) is 11.7. The molecule has 0 bridgehead atoms. The molecule has 0 aliphatic carbocycles. The zero-order chi connectivity index (χ0) is 11.5. The van der Waals surface area contributed by atoms with Gasteiger partial charge in [-0.3, -0.25) is 4.79 Å². The molecule has 0 saturated heterocycles. The second kappa shape index (κ2) is 4.64. The predicted molar refractivity (Wildman–Crippen MR) is 63.7 cm³/mol. The van der Waals surface area contributed by atoms with Crippen molar-refractivity contribution < 1.29 is 4.79 Å². The second-order valence-electron chi connectivity index (χ2n) is 3.52. The molecule has 82 valence electrons. The van der Waals surface area contributed by atoms with E-state index in [1.807, 2.05) is 24.3 Å². The van der Waals surface area contributed by atoms with Crippen molar-refractivity contribution in [3.63, 3.8) is 0 Å². The van der Waals surface area contributed by atoms with Crippen molar-refractivity contribution >= 4 is 27.5 Å². The molecule has 2 rings (SSSR count). The van der Waals surface area contributed by atoms with Crippen molar-refractivity contribution in [3.8, 4) is 6.07 Å². The number of benzene rings is 1. The molecule has 1 atom stereocenters. The van der Waals surface area contributed by atoms with Crippen LogP contribution in [-0.2, 0) is 4.79 Å². The first-order valence-corrected chi connectivity index (χ1v) is 5.72. The predicted octanol–water partition coefficient (Wildman–Crippen LogP) is 1.95. The molecule has 1 heterocycles. The zero-order valence-corrected chi connectivity index (χ0v) is 10.0. The third-order valence-electron chi connectivity index (χ3n) is 2.43. The zero-order valence-electron chi connectivity index (χ0n) is 8.46. The Labute approximate surface area is 102 Å².